The standard InChI is InChI=1S/C12H13NO/c1-10-2-4-11(5-3-10)12(6-7-13)8-14-9-12/h2-5H,6,8-9H2,1H3. The van der Waals surface area contributed by atoms with Crippen LogP contribution in [0.2, 0.25) is 0 Å². The van der Waals surface area contributed by atoms with Gasteiger partial charge in [0.2, 0.25) is 0 Å². The summed E-state index contributed by atoms with van der Waals surface area (Å²) >= 11 is 0. The normalized spacial score (nSPS) is 18.3. The van der Waals surface area contributed by atoms with Crippen molar-refractivity contribution in [1.29, 1.82) is 5.26 Å². The third kappa shape index (κ3) is 1.40. The zero-order valence-electron chi connectivity index (χ0n) is 8.29. The van der Waals surface area contributed by atoms with E-state index in [1.165, 1.54) is 11.1 Å². The highest BCUT2D eigenvalue weighted by atomic mass is 16.5. The molecule has 0 unspecified atom stereocenters. The minimum atomic E-state index is -0.0253. The SMILES string of the molecule is Cc1ccc(C2(CC#N)COC2)cc1. The Morgan fingerprint density at radius 3 is 2.43 bits per heavy atom. The molecule has 0 radical (unpaired) electrons. The Hall–Kier alpha value is -1.33. The van der Waals surface area contributed by atoms with Crippen molar-refractivity contribution in [3.63, 3.8) is 0 Å². The number of hydrogen-bond acceptors (Lipinski definition) is 2. The Morgan fingerprint density at radius 1 is 1.36 bits per heavy atom. The molecule has 1 aromatic rings. The highest BCUT2D eigenvalue weighted by Gasteiger charge is 2.39. The van der Waals surface area contributed by atoms with E-state index in [9.17, 15) is 0 Å². The molecule has 0 saturated carbocycles. The summed E-state index contributed by atoms with van der Waals surface area (Å²) in [6, 6.07) is 10.6. The van der Waals surface area contributed by atoms with Gasteiger partial charge in [-0.25, -0.2) is 0 Å². The Kier molecular flexibility index (Phi) is 2.26. The van der Waals surface area contributed by atoms with E-state index in [1.807, 2.05) is 0 Å². The van der Waals surface area contributed by atoms with Gasteiger partial charge in [-0.15, -0.1) is 0 Å². The lowest BCUT2D eigenvalue weighted by Gasteiger charge is -2.40. The van der Waals surface area contributed by atoms with Gasteiger partial charge in [-0.1, -0.05) is 29.8 Å². The minimum absolute atomic E-state index is 0.0253. The van der Waals surface area contributed by atoms with Crippen LogP contribution in [-0.4, -0.2) is 13.2 Å². The van der Waals surface area contributed by atoms with E-state index in [4.69, 9.17) is 10.00 Å². The molecular formula is C12H13NO. The van der Waals surface area contributed by atoms with Gasteiger partial charge in [0.05, 0.1) is 24.7 Å². The molecule has 1 aromatic carbocycles. The number of hydrogen-bond donors (Lipinski definition) is 0. The lowest BCUT2D eigenvalue weighted by atomic mass is 9.76. The fourth-order valence-corrected chi connectivity index (χ4v) is 1.78. The van der Waals surface area contributed by atoms with Crippen molar-refractivity contribution < 1.29 is 4.74 Å². The summed E-state index contributed by atoms with van der Waals surface area (Å²) in [7, 11) is 0. The summed E-state index contributed by atoms with van der Waals surface area (Å²) in [4.78, 5) is 0. The predicted molar refractivity (Wildman–Crippen MR) is 53.9 cm³/mol. The van der Waals surface area contributed by atoms with Crippen LogP contribution in [0.5, 0.6) is 0 Å². The first-order chi connectivity index (χ1) is 6.77. The van der Waals surface area contributed by atoms with Gasteiger partial charge in [0.15, 0.2) is 0 Å². The van der Waals surface area contributed by atoms with Gasteiger partial charge in [0.1, 0.15) is 0 Å². The molecule has 0 amide bonds. The summed E-state index contributed by atoms with van der Waals surface area (Å²) in [5.74, 6) is 0. The van der Waals surface area contributed by atoms with E-state index in [0.29, 0.717) is 19.6 Å². The molecule has 0 N–H and O–H groups in total. The fourth-order valence-electron chi connectivity index (χ4n) is 1.78. The molecule has 2 rings (SSSR count). The second kappa shape index (κ2) is 3.43. The van der Waals surface area contributed by atoms with Crippen LogP contribution in [-0.2, 0) is 10.2 Å². The van der Waals surface area contributed by atoms with Crippen molar-refractivity contribution in [3.05, 3.63) is 35.4 Å². The summed E-state index contributed by atoms with van der Waals surface area (Å²) in [5, 5.41) is 8.78. The van der Waals surface area contributed by atoms with Crippen molar-refractivity contribution in [3.8, 4) is 6.07 Å². The number of aryl methyl sites for hydroxylation is 1. The highest BCUT2D eigenvalue weighted by Crippen LogP contribution is 2.35. The van der Waals surface area contributed by atoms with Crippen molar-refractivity contribution in [2.75, 3.05) is 13.2 Å². The van der Waals surface area contributed by atoms with E-state index in [0.717, 1.165) is 0 Å². The number of nitrogens with zero attached hydrogens (tertiary/aromatic N) is 1. The zero-order chi connectivity index (χ0) is 10.0. The molecule has 14 heavy (non-hydrogen) atoms. The Balaban J connectivity index is 2.28. The van der Waals surface area contributed by atoms with Gasteiger partial charge in [-0.3, -0.25) is 0 Å². The van der Waals surface area contributed by atoms with Crippen molar-refractivity contribution in [2.45, 2.75) is 18.8 Å². The van der Waals surface area contributed by atoms with Crippen molar-refractivity contribution in [2.24, 2.45) is 0 Å². The minimum Gasteiger partial charge on any atom is -0.379 e. The molecule has 72 valence electrons. The maximum absolute atomic E-state index is 8.78. The maximum atomic E-state index is 8.78. The van der Waals surface area contributed by atoms with Crippen LogP contribution in [0, 0.1) is 18.3 Å². The second-order valence-electron chi connectivity index (χ2n) is 3.97. The van der Waals surface area contributed by atoms with Crippen molar-refractivity contribution >= 4 is 0 Å². The van der Waals surface area contributed by atoms with E-state index in [2.05, 4.69) is 37.3 Å². The largest absolute Gasteiger partial charge is 0.379 e. The number of rotatable bonds is 2. The lowest BCUT2D eigenvalue weighted by molar-refractivity contribution is -0.0577. The van der Waals surface area contributed by atoms with Gasteiger partial charge in [-0.2, -0.15) is 5.26 Å². The molecule has 1 heterocycles. The van der Waals surface area contributed by atoms with Crippen LogP contribution in [0.15, 0.2) is 24.3 Å². The molecule has 2 nitrogen and oxygen atoms in total. The van der Waals surface area contributed by atoms with Gasteiger partial charge >= 0.3 is 0 Å². The average molecular weight is 187 g/mol. The number of nitriles is 1. The van der Waals surface area contributed by atoms with Gasteiger partial charge in [0.25, 0.3) is 0 Å². The molecular weight excluding hydrogens is 174 g/mol. The third-order valence-corrected chi connectivity index (χ3v) is 2.84. The Labute approximate surface area is 84.1 Å². The molecule has 0 aromatic heterocycles. The number of benzene rings is 1. The van der Waals surface area contributed by atoms with Crippen molar-refractivity contribution in [1.82, 2.24) is 0 Å². The Morgan fingerprint density at radius 2 is 2.00 bits per heavy atom. The predicted octanol–water partition coefficient (Wildman–Crippen LogP) is 2.18. The Bertz CT molecular complexity index is 357. The fraction of sp³-hybridized carbons (Fsp3) is 0.417. The molecule has 0 spiro atoms. The van der Waals surface area contributed by atoms with E-state index < -0.39 is 0 Å². The average Bonchev–Trinajstić information content (AvgIpc) is 2.13. The van der Waals surface area contributed by atoms with Crippen LogP contribution in [0.3, 0.4) is 0 Å². The molecule has 1 saturated heterocycles. The topological polar surface area (TPSA) is 33.0 Å². The summed E-state index contributed by atoms with van der Waals surface area (Å²) < 4.78 is 5.22. The van der Waals surface area contributed by atoms with Gasteiger partial charge in [0, 0.05) is 6.42 Å². The molecule has 0 bridgehead atoms. The third-order valence-electron chi connectivity index (χ3n) is 2.84. The van der Waals surface area contributed by atoms with Crippen LogP contribution in [0.1, 0.15) is 17.5 Å². The van der Waals surface area contributed by atoms with E-state index in [1.54, 1.807) is 0 Å². The van der Waals surface area contributed by atoms with Crippen LogP contribution in [0.25, 0.3) is 0 Å². The summed E-state index contributed by atoms with van der Waals surface area (Å²) in [6.45, 7) is 3.44. The first-order valence-electron chi connectivity index (χ1n) is 4.79. The first-order valence-corrected chi connectivity index (χ1v) is 4.79. The van der Waals surface area contributed by atoms with E-state index >= 15 is 0 Å². The molecule has 0 atom stereocenters. The quantitative estimate of drug-likeness (QED) is 0.711. The summed E-state index contributed by atoms with van der Waals surface area (Å²) in [5.41, 5.74) is 2.46. The molecule has 1 fully saturated rings. The zero-order valence-corrected chi connectivity index (χ0v) is 8.29. The molecule has 1 aliphatic rings. The van der Waals surface area contributed by atoms with Gasteiger partial charge < -0.3 is 4.74 Å². The number of ether oxygens (including phenoxy) is 1. The highest BCUT2D eigenvalue weighted by molar-refractivity contribution is 5.31. The molecule has 2 heteroatoms. The summed E-state index contributed by atoms with van der Waals surface area (Å²) in [6.07, 6.45) is 0.552. The monoisotopic (exact) mass is 187 g/mol. The van der Waals surface area contributed by atoms with Crippen LogP contribution in [0.4, 0.5) is 0 Å². The van der Waals surface area contributed by atoms with Crippen LogP contribution < -0.4 is 0 Å². The first kappa shape index (κ1) is 9.23. The maximum Gasteiger partial charge on any atom is 0.0632 e. The van der Waals surface area contributed by atoms with Gasteiger partial charge in [-0.05, 0) is 12.5 Å². The van der Waals surface area contributed by atoms with Crippen LogP contribution >= 0.6 is 0 Å². The second-order valence-corrected chi connectivity index (χ2v) is 3.97. The molecule has 0 aliphatic carbocycles. The van der Waals surface area contributed by atoms with E-state index in [-0.39, 0.29) is 5.41 Å². The lowest BCUT2D eigenvalue weighted by Crippen LogP contribution is -2.46. The molecule has 1 aliphatic heterocycles. The smallest absolute Gasteiger partial charge is 0.0632 e.